The average molecular weight is 324 g/mol. The maximum Gasteiger partial charge on any atom is 1.00 e. The molecule has 7 nitrogen and oxygen atoms in total. The number of amides is 1. The maximum absolute atomic E-state index is 11.8. The van der Waals surface area contributed by atoms with Crippen LogP contribution in [-0.4, -0.2) is 30.9 Å². The molecule has 0 heterocycles. The molecule has 1 aromatic carbocycles. The van der Waals surface area contributed by atoms with Crippen molar-refractivity contribution in [2.75, 3.05) is 12.4 Å². The summed E-state index contributed by atoms with van der Waals surface area (Å²) in [5.74, 6) is -3.53. The quantitative estimate of drug-likeness (QED) is 0.481. The molecule has 0 unspecified atom stereocenters. The number of carbonyl (C=O) groups excluding carboxylic acids is 3. The molecular formula is C13H14N2Na2O5. The number of aliphatic carboxylic acids is 2. The third kappa shape index (κ3) is 8.17. The summed E-state index contributed by atoms with van der Waals surface area (Å²) in [7, 11) is 1.72. The Kier molecular flexibility index (Phi) is 12.8. The molecule has 0 aliphatic heterocycles. The topological polar surface area (TPSA) is 121 Å². The van der Waals surface area contributed by atoms with Gasteiger partial charge in [-0.05, 0) is 37.1 Å². The van der Waals surface area contributed by atoms with E-state index in [1.165, 1.54) is 12.1 Å². The van der Waals surface area contributed by atoms with E-state index in [9.17, 15) is 24.6 Å². The number of rotatable bonds is 7. The van der Waals surface area contributed by atoms with Crippen LogP contribution in [-0.2, 0) is 9.59 Å². The third-order valence-corrected chi connectivity index (χ3v) is 2.66. The van der Waals surface area contributed by atoms with Crippen LogP contribution in [0.4, 0.5) is 5.69 Å². The summed E-state index contributed by atoms with van der Waals surface area (Å²) >= 11 is 0. The van der Waals surface area contributed by atoms with Crippen LogP contribution in [0, 0.1) is 0 Å². The van der Waals surface area contributed by atoms with Gasteiger partial charge in [0, 0.05) is 24.3 Å². The number of hydrogen-bond acceptors (Lipinski definition) is 6. The second-order valence-corrected chi connectivity index (χ2v) is 4.08. The molecule has 0 saturated heterocycles. The first-order valence-corrected chi connectivity index (χ1v) is 5.93. The standard InChI is InChI=1S/C13H16N2O5.2Na/c1-14-9-4-2-8(3-5-9)12(18)15-10(13(19)20)6-7-11(16)17;;/h2-5,10,14H,6-7H2,1H3,(H,15,18)(H,16,17)(H,19,20);;/q;2*+1/p-2/t10-;;/m0../s1. The van der Waals surface area contributed by atoms with Gasteiger partial charge in [0.15, 0.2) is 0 Å². The third-order valence-electron chi connectivity index (χ3n) is 2.66. The fraction of sp³-hybridized carbons (Fsp3) is 0.308. The van der Waals surface area contributed by atoms with Gasteiger partial charge in [-0.1, -0.05) is 0 Å². The fourth-order valence-corrected chi connectivity index (χ4v) is 1.54. The number of carboxylic acids is 2. The maximum atomic E-state index is 11.8. The average Bonchev–Trinajstić information content (AvgIpc) is 2.42. The number of hydrogen-bond donors (Lipinski definition) is 2. The molecule has 1 atom stereocenters. The van der Waals surface area contributed by atoms with Crippen molar-refractivity contribution in [3.8, 4) is 0 Å². The molecule has 2 N–H and O–H groups in total. The molecule has 0 fully saturated rings. The molecule has 0 radical (unpaired) electrons. The Bertz CT molecular complexity index is 508. The van der Waals surface area contributed by atoms with Crippen LogP contribution in [0.5, 0.6) is 0 Å². The summed E-state index contributed by atoms with van der Waals surface area (Å²) in [6.07, 6.45) is -0.761. The van der Waals surface area contributed by atoms with E-state index in [-0.39, 0.29) is 71.1 Å². The van der Waals surface area contributed by atoms with Gasteiger partial charge in [-0.2, -0.15) is 0 Å². The number of nitrogens with one attached hydrogen (secondary N) is 2. The summed E-state index contributed by atoms with van der Waals surface area (Å²) in [4.78, 5) is 33.0. The van der Waals surface area contributed by atoms with Crippen molar-refractivity contribution in [2.24, 2.45) is 0 Å². The SMILES string of the molecule is CNc1ccc(C(=O)N[C@@H](CCC(=O)[O-])C(=O)[O-])cc1.[Na+].[Na+]. The first-order chi connectivity index (χ1) is 9.43. The Morgan fingerprint density at radius 3 is 2.05 bits per heavy atom. The van der Waals surface area contributed by atoms with Gasteiger partial charge in [-0.15, -0.1) is 0 Å². The Balaban J connectivity index is 0. The van der Waals surface area contributed by atoms with E-state index < -0.39 is 30.3 Å². The van der Waals surface area contributed by atoms with Crippen molar-refractivity contribution in [1.82, 2.24) is 5.32 Å². The summed E-state index contributed by atoms with van der Waals surface area (Å²) in [6, 6.07) is 4.98. The van der Waals surface area contributed by atoms with Gasteiger partial charge >= 0.3 is 59.1 Å². The Labute approximate surface area is 172 Å². The molecule has 22 heavy (non-hydrogen) atoms. The first-order valence-electron chi connectivity index (χ1n) is 5.93. The van der Waals surface area contributed by atoms with Crippen molar-refractivity contribution < 1.29 is 83.7 Å². The van der Waals surface area contributed by atoms with E-state index in [1.54, 1.807) is 19.2 Å². The monoisotopic (exact) mass is 324 g/mol. The fourth-order valence-electron chi connectivity index (χ4n) is 1.54. The largest absolute Gasteiger partial charge is 1.00 e. The van der Waals surface area contributed by atoms with Gasteiger partial charge in [-0.25, -0.2) is 0 Å². The van der Waals surface area contributed by atoms with Gasteiger partial charge in [0.25, 0.3) is 5.91 Å². The molecule has 0 saturated carbocycles. The van der Waals surface area contributed by atoms with Gasteiger partial charge in [0.1, 0.15) is 0 Å². The summed E-state index contributed by atoms with van der Waals surface area (Å²) in [6.45, 7) is 0. The van der Waals surface area contributed by atoms with Crippen LogP contribution >= 0.6 is 0 Å². The molecule has 1 amide bonds. The molecule has 0 spiro atoms. The Morgan fingerprint density at radius 1 is 1.09 bits per heavy atom. The van der Waals surface area contributed by atoms with E-state index in [0.29, 0.717) is 0 Å². The first kappa shape index (κ1) is 23.7. The minimum Gasteiger partial charge on any atom is -0.550 e. The summed E-state index contributed by atoms with van der Waals surface area (Å²) in [5, 5.41) is 26.2. The Hall–Kier alpha value is -0.570. The molecule has 0 bridgehead atoms. The van der Waals surface area contributed by atoms with Gasteiger partial charge in [0.05, 0.1) is 12.0 Å². The zero-order valence-electron chi connectivity index (χ0n) is 12.8. The van der Waals surface area contributed by atoms with E-state index in [4.69, 9.17) is 0 Å². The number of carboxylic acid groups (broad SMARTS) is 2. The summed E-state index contributed by atoms with van der Waals surface area (Å²) < 4.78 is 0. The van der Waals surface area contributed by atoms with Crippen molar-refractivity contribution in [3.63, 3.8) is 0 Å². The van der Waals surface area contributed by atoms with Crippen LogP contribution in [0.2, 0.25) is 0 Å². The molecule has 0 aromatic heterocycles. The predicted octanol–water partition coefficient (Wildman–Crippen LogP) is -7.89. The number of carbonyl (C=O) groups is 3. The van der Waals surface area contributed by atoms with E-state index in [0.717, 1.165) is 5.69 Å². The number of benzene rings is 1. The Morgan fingerprint density at radius 2 is 1.64 bits per heavy atom. The van der Waals surface area contributed by atoms with Crippen LogP contribution in [0.1, 0.15) is 23.2 Å². The van der Waals surface area contributed by atoms with Gasteiger partial charge in [-0.3, -0.25) is 4.79 Å². The second-order valence-electron chi connectivity index (χ2n) is 4.08. The van der Waals surface area contributed by atoms with E-state index >= 15 is 0 Å². The van der Waals surface area contributed by atoms with Crippen LogP contribution in [0.15, 0.2) is 24.3 Å². The van der Waals surface area contributed by atoms with E-state index in [2.05, 4.69) is 10.6 Å². The van der Waals surface area contributed by atoms with Crippen LogP contribution < -0.4 is 80.0 Å². The van der Waals surface area contributed by atoms with Crippen molar-refractivity contribution in [3.05, 3.63) is 29.8 Å². The molecule has 0 aliphatic carbocycles. The van der Waals surface area contributed by atoms with Gasteiger partial charge in [0.2, 0.25) is 0 Å². The zero-order chi connectivity index (χ0) is 15.1. The smallest absolute Gasteiger partial charge is 0.550 e. The minimum atomic E-state index is -1.54. The molecule has 9 heteroatoms. The molecular weight excluding hydrogens is 310 g/mol. The van der Waals surface area contributed by atoms with Crippen LogP contribution in [0.25, 0.3) is 0 Å². The van der Waals surface area contributed by atoms with Crippen molar-refractivity contribution in [2.45, 2.75) is 18.9 Å². The van der Waals surface area contributed by atoms with Crippen LogP contribution in [0.3, 0.4) is 0 Å². The molecule has 0 aliphatic rings. The molecule has 108 valence electrons. The van der Waals surface area contributed by atoms with E-state index in [1.807, 2.05) is 0 Å². The predicted molar refractivity (Wildman–Crippen MR) is 66.5 cm³/mol. The second kappa shape index (κ2) is 11.9. The molecule has 1 rings (SSSR count). The molecule has 1 aromatic rings. The summed E-state index contributed by atoms with van der Waals surface area (Å²) in [5.41, 5.74) is 1.07. The number of anilines is 1. The van der Waals surface area contributed by atoms with Crippen molar-refractivity contribution in [1.29, 1.82) is 0 Å². The minimum absolute atomic E-state index is 0. The zero-order valence-corrected chi connectivity index (χ0v) is 16.8. The van der Waals surface area contributed by atoms with Crippen molar-refractivity contribution >= 4 is 23.5 Å². The normalized spacial score (nSPS) is 10.4. The van der Waals surface area contributed by atoms with Gasteiger partial charge < -0.3 is 30.4 Å².